The first-order chi connectivity index (χ1) is 8.36. The summed E-state index contributed by atoms with van der Waals surface area (Å²) in [6.45, 7) is 2.26. The van der Waals surface area contributed by atoms with E-state index in [1.165, 1.54) is 25.7 Å². The molecule has 1 fully saturated rings. The van der Waals surface area contributed by atoms with Gasteiger partial charge in [0.2, 0.25) is 0 Å². The van der Waals surface area contributed by atoms with Crippen molar-refractivity contribution in [2.45, 2.75) is 25.7 Å². The van der Waals surface area contributed by atoms with Crippen LogP contribution in [0.3, 0.4) is 0 Å². The summed E-state index contributed by atoms with van der Waals surface area (Å²) in [6, 6.07) is 9.57. The fourth-order valence-electron chi connectivity index (χ4n) is 2.03. The highest BCUT2D eigenvalue weighted by Gasteiger charge is 2.12. The minimum atomic E-state index is 0.236. The first-order valence-corrected chi connectivity index (χ1v) is 7.26. The van der Waals surface area contributed by atoms with E-state index in [1.54, 1.807) is 11.9 Å². The Hall–Kier alpha value is -0.800. The summed E-state index contributed by atoms with van der Waals surface area (Å²) in [5, 5.41) is 0. The molecule has 1 aliphatic rings. The van der Waals surface area contributed by atoms with E-state index in [0.717, 1.165) is 18.7 Å². The summed E-state index contributed by atoms with van der Waals surface area (Å²) in [5.41, 5.74) is 0.829. The minimum absolute atomic E-state index is 0.236. The normalized spacial score (nSPS) is 17.6. The molecule has 1 saturated heterocycles. The molecule has 0 amide bonds. The first kappa shape index (κ1) is 12.7. The third-order valence-electron chi connectivity index (χ3n) is 3.04. The Morgan fingerprint density at radius 2 is 1.71 bits per heavy atom. The average Bonchev–Trinajstić information content (AvgIpc) is 2.65. The Morgan fingerprint density at radius 1 is 1.06 bits per heavy atom. The van der Waals surface area contributed by atoms with E-state index in [0.29, 0.717) is 5.75 Å². The molecule has 0 saturated carbocycles. The largest absolute Gasteiger partial charge is 0.293 e. The lowest BCUT2D eigenvalue weighted by molar-refractivity contribution is 0.102. The highest BCUT2D eigenvalue weighted by atomic mass is 32.2. The van der Waals surface area contributed by atoms with Gasteiger partial charge in [0.15, 0.2) is 5.78 Å². The molecule has 17 heavy (non-hydrogen) atoms. The fraction of sp³-hybridized carbons (Fsp3) is 0.500. The van der Waals surface area contributed by atoms with Crippen LogP contribution in [-0.2, 0) is 0 Å². The SMILES string of the molecule is O=C(CSN1CCCCCC1)c1ccccc1. The molecule has 0 aromatic heterocycles. The number of carbonyl (C=O) groups excluding carboxylic acids is 1. The standard InChI is InChI=1S/C14H19NOS/c16-14(13-8-4-3-5-9-13)12-17-15-10-6-1-2-7-11-15/h3-5,8-9H,1-2,6-7,10-12H2. The molecule has 92 valence electrons. The molecule has 0 N–H and O–H groups in total. The van der Waals surface area contributed by atoms with Crippen molar-refractivity contribution in [2.75, 3.05) is 18.8 Å². The van der Waals surface area contributed by atoms with Crippen molar-refractivity contribution in [1.29, 1.82) is 0 Å². The Balaban J connectivity index is 1.79. The summed E-state index contributed by atoms with van der Waals surface area (Å²) in [6.07, 6.45) is 5.21. The van der Waals surface area contributed by atoms with Crippen LogP contribution in [0.5, 0.6) is 0 Å². The van der Waals surface area contributed by atoms with Gasteiger partial charge < -0.3 is 0 Å². The van der Waals surface area contributed by atoms with E-state index in [1.807, 2.05) is 30.3 Å². The molecule has 0 aliphatic carbocycles. The topological polar surface area (TPSA) is 20.3 Å². The Kier molecular flexibility index (Phi) is 5.08. The quantitative estimate of drug-likeness (QED) is 0.602. The maximum Gasteiger partial charge on any atom is 0.174 e. The van der Waals surface area contributed by atoms with Gasteiger partial charge in [0.1, 0.15) is 0 Å². The van der Waals surface area contributed by atoms with E-state index >= 15 is 0 Å². The van der Waals surface area contributed by atoms with Gasteiger partial charge in [-0.3, -0.25) is 9.10 Å². The Bertz CT molecular complexity index is 344. The average molecular weight is 249 g/mol. The zero-order valence-electron chi connectivity index (χ0n) is 10.1. The second-order valence-electron chi connectivity index (χ2n) is 4.41. The van der Waals surface area contributed by atoms with Gasteiger partial charge in [-0.2, -0.15) is 0 Å². The zero-order valence-corrected chi connectivity index (χ0v) is 10.9. The van der Waals surface area contributed by atoms with Crippen LogP contribution in [0.25, 0.3) is 0 Å². The van der Waals surface area contributed by atoms with Crippen LogP contribution in [0.4, 0.5) is 0 Å². The predicted octanol–water partition coefficient (Wildman–Crippen LogP) is 3.39. The third-order valence-corrected chi connectivity index (χ3v) is 4.16. The molecule has 1 aliphatic heterocycles. The summed E-state index contributed by atoms with van der Waals surface area (Å²) >= 11 is 1.70. The minimum Gasteiger partial charge on any atom is -0.293 e. The van der Waals surface area contributed by atoms with Crippen molar-refractivity contribution in [3.8, 4) is 0 Å². The summed E-state index contributed by atoms with van der Waals surface area (Å²) in [4.78, 5) is 11.9. The number of carbonyl (C=O) groups is 1. The van der Waals surface area contributed by atoms with Gasteiger partial charge in [0.25, 0.3) is 0 Å². The van der Waals surface area contributed by atoms with Crippen LogP contribution in [0.2, 0.25) is 0 Å². The van der Waals surface area contributed by atoms with Crippen LogP contribution < -0.4 is 0 Å². The second kappa shape index (κ2) is 6.82. The molecule has 2 nitrogen and oxygen atoms in total. The number of nitrogens with zero attached hydrogens (tertiary/aromatic N) is 1. The summed E-state index contributed by atoms with van der Waals surface area (Å²) in [5.74, 6) is 0.809. The molecule has 1 aromatic rings. The van der Waals surface area contributed by atoms with Crippen molar-refractivity contribution < 1.29 is 4.79 Å². The highest BCUT2D eigenvalue weighted by Crippen LogP contribution is 2.18. The van der Waals surface area contributed by atoms with E-state index in [4.69, 9.17) is 0 Å². The molecule has 0 bridgehead atoms. The molecule has 0 atom stereocenters. The van der Waals surface area contributed by atoms with Crippen LogP contribution in [0, 0.1) is 0 Å². The molecule has 3 heteroatoms. The van der Waals surface area contributed by atoms with Crippen LogP contribution in [-0.4, -0.2) is 28.9 Å². The van der Waals surface area contributed by atoms with Gasteiger partial charge in [-0.05, 0) is 12.8 Å². The lowest BCUT2D eigenvalue weighted by Crippen LogP contribution is -2.19. The van der Waals surface area contributed by atoms with Gasteiger partial charge in [-0.15, -0.1) is 0 Å². The molecule has 0 radical (unpaired) electrons. The van der Waals surface area contributed by atoms with E-state index < -0.39 is 0 Å². The predicted molar refractivity (Wildman–Crippen MR) is 73.3 cm³/mol. The van der Waals surface area contributed by atoms with E-state index in [2.05, 4.69) is 4.31 Å². The third kappa shape index (κ3) is 4.17. The van der Waals surface area contributed by atoms with Gasteiger partial charge in [-0.25, -0.2) is 0 Å². The number of hydrogen-bond acceptors (Lipinski definition) is 3. The van der Waals surface area contributed by atoms with Gasteiger partial charge in [-0.1, -0.05) is 55.1 Å². The molecule has 1 heterocycles. The van der Waals surface area contributed by atoms with Crippen molar-refractivity contribution >= 4 is 17.7 Å². The van der Waals surface area contributed by atoms with E-state index in [9.17, 15) is 4.79 Å². The Labute approximate surface area is 108 Å². The second-order valence-corrected chi connectivity index (χ2v) is 5.47. The van der Waals surface area contributed by atoms with Gasteiger partial charge in [0, 0.05) is 18.7 Å². The number of Topliss-reactive ketones (excluding diaryl/α,β-unsaturated/α-hetero) is 1. The molecule has 1 aromatic carbocycles. The van der Waals surface area contributed by atoms with Gasteiger partial charge >= 0.3 is 0 Å². The molecule has 0 spiro atoms. The molecular weight excluding hydrogens is 230 g/mol. The summed E-state index contributed by atoms with van der Waals surface area (Å²) in [7, 11) is 0. The first-order valence-electron chi connectivity index (χ1n) is 6.32. The zero-order chi connectivity index (χ0) is 11.9. The fourth-order valence-corrected chi connectivity index (χ4v) is 3.01. The Morgan fingerprint density at radius 3 is 2.35 bits per heavy atom. The lowest BCUT2D eigenvalue weighted by atomic mass is 10.2. The highest BCUT2D eigenvalue weighted by molar-refractivity contribution is 7.97. The van der Waals surface area contributed by atoms with Crippen LogP contribution >= 0.6 is 11.9 Å². The van der Waals surface area contributed by atoms with Crippen molar-refractivity contribution in [3.05, 3.63) is 35.9 Å². The molecule has 2 rings (SSSR count). The van der Waals surface area contributed by atoms with E-state index in [-0.39, 0.29) is 5.78 Å². The number of benzene rings is 1. The monoisotopic (exact) mass is 249 g/mol. The van der Waals surface area contributed by atoms with Crippen LogP contribution in [0.15, 0.2) is 30.3 Å². The maximum atomic E-state index is 11.9. The smallest absolute Gasteiger partial charge is 0.174 e. The summed E-state index contributed by atoms with van der Waals surface area (Å²) < 4.78 is 2.36. The number of rotatable bonds is 4. The molecule has 0 unspecified atom stereocenters. The van der Waals surface area contributed by atoms with Gasteiger partial charge in [0.05, 0.1) is 5.75 Å². The number of hydrogen-bond donors (Lipinski definition) is 0. The maximum absolute atomic E-state index is 11.9. The lowest BCUT2D eigenvalue weighted by Gasteiger charge is -2.17. The number of ketones is 1. The van der Waals surface area contributed by atoms with Crippen molar-refractivity contribution in [1.82, 2.24) is 4.31 Å². The molecular formula is C14H19NOS. The van der Waals surface area contributed by atoms with Crippen LogP contribution in [0.1, 0.15) is 36.0 Å². The van der Waals surface area contributed by atoms with Crippen molar-refractivity contribution in [3.63, 3.8) is 0 Å². The van der Waals surface area contributed by atoms with Crippen molar-refractivity contribution in [2.24, 2.45) is 0 Å².